The van der Waals surface area contributed by atoms with Crippen LogP contribution in [-0.2, 0) is 4.79 Å². The summed E-state index contributed by atoms with van der Waals surface area (Å²) in [6.07, 6.45) is 0. The monoisotopic (exact) mass is 345 g/mol. The second kappa shape index (κ2) is 7.09. The molecule has 1 heterocycles. The summed E-state index contributed by atoms with van der Waals surface area (Å²) in [5.41, 5.74) is 13.9. The molecular formula is C21H19N3O2. The normalized spacial score (nSPS) is 19.4. The van der Waals surface area contributed by atoms with E-state index in [0.717, 1.165) is 16.7 Å². The molecule has 3 aromatic rings. The van der Waals surface area contributed by atoms with E-state index in [1.54, 1.807) is 0 Å². The molecule has 130 valence electrons. The number of carboxylic acids is 1. The smallest absolute Gasteiger partial charge is 0.324 e. The molecule has 0 aliphatic carbocycles. The Morgan fingerprint density at radius 1 is 0.692 bits per heavy atom. The van der Waals surface area contributed by atoms with Crippen molar-refractivity contribution in [1.29, 1.82) is 0 Å². The molecule has 0 bridgehead atoms. The van der Waals surface area contributed by atoms with Crippen molar-refractivity contribution in [3.05, 3.63) is 84.4 Å². The lowest BCUT2D eigenvalue weighted by molar-refractivity contribution is -0.139. The van der Waals surface area contributed by atoms with Crippen molar-refractivity contribution in [1.82, 2.24) is 16.4 Å². The van der Waals surface area contributed by atoms with Crippen LogP contribution < -0.4 is 16.4 Å². The van der Waals surface area contributed by atoms with Crippen LogP contribution in [-0.4, -0.2) is 17.1 Å². The summed E-state index contributed by atoms with van der Waals surface area (Å²) in [7, 11) is 0. The van der Waals surface area contributed by atoms with Crippen LogP contribution in [0.1, 0.15) is 11.6 Å². The summed E-state index contributed by atoms with van der Waals surface area (Å²) in [5.74, 6) is -0.895. The molecule has 5 heteroatoms. The lowest BCUT2D eigenvalue weighted by atomic mass is 9.96. The standard InChI is InChI=1S/C21H19N3O2/c25-21(26)20-19(22-24-23-20)18-12-10-17(11-13-18)16-8-6-15(7-9-16)14-4-2-1-3-5-14/h1-13,19-20,22-24H,(H,25,26). The van der Waals surface area contributed by atoms with Crippen LogP contribution in [0.2, 0.25) is 0 Å². The van der Waals surface area contributed by atoms with Crippen LogP contribution in [0.5, 0.6) is 0 Å². The maximum absolute atomic E-state index is 11.3. The van der Waals surface area contributed by atoms with Crippen molar-refractivity contribution in [2.75, 3.05) is 0 Å². The molecule has 1 aliphatic heterocycles. The fourth-order valence-electron chi connectivity index (χ4n) is 3.21. The van der Waals surface area contributed by atoms with Gasteiger partial charge in [-0.25, -0.2) is 10.9 Å². The van der Waals surface area contributed by atoms with Gasteiger partial charge in [0.15, 0.2) is 0 Å². The summed E-state index contributed by atoms with van der Waals surface area (Å²) in [6.45, 7) is 0. The molecule has 0 saturated carbocycles. The largest absolute Gasteiger partial charge is 0.480 e. The Kier molecular flexibility index (Phi) is 4.50. The van der Waals surface area contributed by atoms with Crippen LogP contribution in [0.15, 0.2) is 78.9 Å². The van der Waals surface area contributed by atoms with Gasteiger partial charge in [0.25, 0.3) is 0 Å². The minimum Gasteiger partial charge on any atom is -0.480 e. The zero-order valence-corrected chi connectivity index (χ0v) is 14.0. The molecule has 1 saturated heterocycles. The first kappa shape index (κ1) is 16.5. The molecule has 1 aliphatic rings. The Morgan fingerprint density at radius 2 is 1.19 bits per heavy atom. The molecule has 0 radical (unpaired) electrons. The molecule has 4 N–H and O–H groups in total. The van der Waals surface area contributed by atoms with E-state index in [9.17, 15) is 9.90 Å². The molecule has 26 heavy (non-hydrogen) atoms. The highest BCUT2D eigenvalue weighted by Crippen LogP contribution is 2.27. The van der Waals surface area contributed by atoms with Crippen molar-refractivity contribution in [2.24, 2.45) is 0 Å². The van der Waals surface area contributed by atoms with Crippen molar-refractivity contribution in [3.8, 4) is 22.3 Å². The molecule has 5 nitrogen and oxygen atoms in total. The fraction of sp³-hybridized carbons (Fsp3) is 0.0952. The highest BCUT2D eigenvalue weighted by molar-refractivity contribution is 5.75. The number of hydrogen-bond acceptors (Lipinski definition) is 4. The summed E-state index contributed by atoms with van der Waals surface area (Å²) in [4.78, 5) is 11.3. The zero-order chi connectivity index (χ0) is 17.9. The molecule has 0 spiro atoms. The Balaban J connectivity index is 1.55. The molecule has 0 aromatic heterocycles. The van der Waals surface area contributed by atoms with E-state index < -0.39 is 12.0 Å². The third-order valence-electron chi connectivity index (χ3n) is 4.65. The van der Waals surface area contributed by atoms with Gasteiger partial charge in [-0.15, -0.1) is 0 Å². The van der Waals surface area contributed by atoms with E-state index in [-0.39, 0.29) is 6.04 Å². The Hall–Kier alpha value is -2.99. The van der Waals surface area contributed by atoms with Gasteiger partial charge in [-0.2, -0.15) is 5.53 Å². The first-order chi connectivity index (χ1) is 12.7. The Bertz CT molecular complexity index is 893. The van der Waals surface area contributed by atoms with Crippen molar-refractivity contribution < 1.29 is 9.90 Å². The Labute approximate surface area is 151 Å². The van der Waals surface area contributed by atoms with Gasteiger partial charge in [-0.05, 0) is 27.8 Å². The second-order valence-corrected chi connectivity index (χ2v) is 6.27. The number of hydrogen-bond donors (Lipinski definition) is 4. The number of nitrogens with one attached hydrogen (secondary N) is 3. The number of carbonyl (C=O) groups is 1. The molecule has 2 unspecified atom stereocenters. The molecule has 0 amide bonds. The SMILES string of the molecule is O=C(O)C1NNNC1c1ccc(-c2ccc(-c3ccccc3)cc2)cc1. The molecular weight excluding hydrogens is 326 g/mol. The maximum Gasteiger partial charge on any atom is 0.324 e. The van der Waals surface area contributed by atoms with Crippen molar-refractivity contribution in [3.63, 3.8) is 0 Å². The third-order valence-corrected chi connectivity index (χ3v) is 4.65. The first-order valence-electron chi connectivity index (χ1n) is 8.47. The predicted molar refractivity (Wildman–Crippen MR) is 101 cm³/mol. The summed E-state index contributed by atoms with van der Waals surface area (Å²) in [6, 6.07) is 25.7. The van der Waals surface area contributed by atoms with Crippen molar-refractivity contribution in [2.45, 2.75) is 12.1 Å². The molecule has 4 rings (SSSR count). The lowest BCUT2D eigenvalue weighted by Gasteiger charge is -2.15. The van der Waals surface area contributed by atoms with E-state index in [4.69, 9.17) is 0 Å². The van der Waals surface area contributed by atoms with Gasteiger partial charge in [-0.3, -0.25) is 4.79 Å². The van der Waals surface area contributed by atoms with Crippen LogP contribution >= 0.6 is 0 Å². The van der Waals surface area contributed by atoms with E-state index >= 15 is 0 Å². The van der Waals surface area contributed by atoms with E-state index in [1.165, 1.54) is 11.1 Å². The van der Waals surface area contributed by atoms with E-state index in [2.05, 4.69) is 52.8 Å². The quantitative estimate of drug-likeness (QED) is 0.585. The Morgan fingerprint density at radius 3 is 1.73 bits per heavy atom. The minimum absolute atomic E-state index is 0.318. The average molecular weight is 345 g/mol. The van der Waals surface area contributed by atoms with Gasteiger partial charge < -0.3 is 5.11 Å². The third kappa shape index (κ3) is 3.23. The summed E-state index contributed by atoms with van der Waals surface area (Å²) < 4.78 is 0. The van der Waals surface area contributed by atoms with Gasteiger partial charge in [0.2, 0.25) is 0 Å². The lowest BCUT2D eigenvalue weighted by Crippen LogP contribution is -2.38. The van der Waals surface area contributed by atoms with Crippen molar-refractivity contribution >= 4 is 5.97 Å². The fourth-order valence-corrected chi connectivity index (χ4v) is 3.21. The number of hydrazine groups is 2. The van der Waals surface area contributed by atoms with Gasteiger partial charge in [0, 0.05) is 0 Å². The highest BCUT2D eigenvalue weighted by atomic mass is 16.4. The molecule has 1 fully saturated rings. The van der Waals surface area contributed by atoms with E-state index in [1.807, 2.05) is 42.5 Å². The topological polar surface area (TPSA) is 73.4 Å². The first-order valence-corrected chi connectivity index (χ1v) is 8.47. The summed E-state index contributed by atoms with van der Waals surface area (Å²) >= 11 is 0. The number of benzene rings is 3. The van der Waals surface area contributed by atoms with E-state index in [0.29, 0.717) is 0 Å². The second-order valence-electron chi connectivity index (χ2n) is 6.27. The van der Waals surface area contributed by atoms with Gasteiger partial charge >= 0.3 is 5.97 Å². The number of rotatable bonds is 4. The predicted octanol–water partition coefficient (Wildman–Crippen LogP) is 3.13. The van der Waals surface area contributed by atoms with Crippen LogP contribution in [0, 0.1) is 0 Å². The van der Waals surface area contributed by atoms with Gasteiger partial charge in [0.05, 0.1) is 6.04 Å². The minimum atomic E-state index is -0.895. The highest BCUT2D eigenvalue weighted by Gasteiger charge is 2.33. The average Bonchev–Trinajstić information content (AvgIpc) is 3.19. The molecule has 3 aromatic carbocycles. The number of aliphatic carboxylic acids is 1. The molecule has 2 atom stereocenters. The van der Waals surface area contributed by atoms with Gasteiger partial charge in [-0.1, -0.05) is 78.9 Å². The number of carboxylic acid groups (broad SMARTS) is 1. The van der Waals surface area contributed by atoms with Gasteiger partial charge in [0.1, 0.15) is 6.04 Å². The maximum atomic E-state index is 11.3. The van der Waals surface area contributed by atoms with Crippen LogP contribution in [0.25, 0.3) is 22.3 Å². The van der Waals surface area contributed by atoms with Crippen LogP contribution in [0.4, 0.5) is 0 Å². The summed E-state index contributed by atoms with van der Waals surface area (Å²) in [5, 5.41) is 9.26. The van der Waals surface area contributed by atoms with Crippen LogP contribution in [0.3, 0.4) is 0 Å². The zero-order valence-electron chi connectivity index (χ0n) is 14.0.